The fraction of sp³-hybridized carbons (Fsp3) is 1.00. The Balaban J connectivity index is 0.000000260. The maximum Gasteiger partial charge on any atom is 0.401 e. The average Bonchev–Trinajstić information content (AvgIpc) is 2.95. The van der Waals surface area contributed by atoms with Crippen LogP contribution in [0, 0.1) is 0 Å². The Kier molecular flexibility index (Phi) is 9.21. The summed E-state index contributed by atoms with van der Waals surface area (Å²) in [5.74, 6) is 0. The molecule has 0 saturated carbocycles. The average molecular weight is 388 g/mol. The van der Waals surface area contributed by atoms with Crippen LogP contribution >= 0.6 is 0 Å². The van der Waals surface area contributed by atoms with Crippen LogP contribution in [0.3, 0.4) is 0 Å². The summed E-state index contributed by atoms with van der Waals surface area (Å²) >= 11 is 0. The van der Waals surface area contributed by atoms with Crippen LogP contribution in [0.5, 0.6) is 0 Å². The van der Waals surface area contributed by atoms with Crippen LogP contribution in [-0.2, 0) is 0 Å². The lowest BCUT2D eigenvalue weighted by molar-refractivity contribution is -0.148. The number of nitrogens with zero attached hydrogens (tertiary/aromatic N) is 2. The molecule has 6 atom stereocenters. The Morgan fingerprint density at radius 1 is 0.962 bits per heavy atom. The van der Waals surface area contributed by atoms with E-state index in [1.165, 1.54) is 6.92 Å². The number of hydrogen-bond donors (Lipinski definition) is 5. The number of hydrogen-bond acceptors (Lipinski definition) is 7. The Hall–Kier alpha value is -0.490. The molecule has 0 unspecified atom stereocenters. The van der Waals surface area contributed by atoms with Crippen molar-refractivity contribution in [2.24, 2.45) is 0 Å². The number of aliphatic hydroxyl groups excluding tert-OH is 5. The zero-order valence-corrected chi connectivity index (χ0v) is 15.2. The molecule has 0 amide bonds. The highest BCUT2D eigenvalue weighted by Crippen LogP contribution is 2.24. The van der Waals surface area contributed by atoms with Gasteiger partial charge >= 0.3 is 6.18 Å². The van der Waals surface area contributed by atoms with E-state index in [2.05, 4.69) is 6.92 Å². The number of likely N-dealkylation sites (tertiary alicyclic amines) is 2. The zero-order chi connectivity index (χ0) is 20.1. The van der Waals surface area contributed by atoms with Crippen molar-refractivity contribution in [1.29, 1.82) is 0 Å². The lowest BCUT2D eigenvalue weighted by Gasteiger charge is -2.23. The van der Waals surface area contributed by atoms with E-state index in [9.17, 15) is 28.5 Å². The molecule has 0 aromatic rings. The van der Waals surface area contributed by atoms with Crippen LogP contribution in [0.25, 0.3) is 0 Å². The van der Waals surface area contributed by atoms with E-state index >= 15 is 0 Å². The fourth-order valence-corrected chi connectivity index (χ4v) is 3.29. The zero-order valence-electron chi connectivity index (χ0n) is 15.2. The van der Waals surface area contributed by atoms with Crippen LogP contribution in [-0.4, -0.2) is 111 Å². The number of unbranched alkanes of at least 4 members (excludes halogenated alkanes) is 1. The second-order valence-corrected chi connectivity index (χ2v) is 7.00. The molecule has 2 fully saturated rings. The number of β-amino-alcohol motifs (C(OH)–C–C–N with tert-alkyl or cyclic N) is 2. The highest BCUT2D eigenvalue weighted by molar-refractivity contribution is 4.93. The van der Waals surface area contributed by atoms with Crippen LogP contribution in [0.1, 0.15) is 26.7 Å². The number of halogens is 3. The van der Waals surface area contributed by atoms with Crippen molar-refractivity contribution in [2.45, 2.75) is 69.4 Å². The molecule has 0 spiro atoms. The lowest BCUT2D eigenvalue weighted by atomic mass is 10.1. The first-order valence-corrected chi connectivity index (χ1v) is 8.89. The maximum absolute atomic E-state index is 11.9. The first-order chi connectivity index (χ1) is 12.0. The molecule has 0 aromatic carbocycles. The SMILES string of the molecule is CCCCN1C[C@H](O)[C@@H](O)[C@@H]1CO.C[C@H]1[C@H](O)[C@@H](O)CN1CC(F)(F)F. The van der Waals surface area contributed by atoms with Gasteiger partial charge in [-0.25, -0.2) is 0 Å². The third-order valence-electron chi connectivity index (χ3n) is 4.93. The van der Waals surface area contributed by atoms with Crippen LogP contribution in [0.2, 0.25) is 0 Å². The van der Waals surface area contributed by atoms with Gasteiger partial charge < -0.3 is 25.5 Å². The predicted molar refractivity (Wildman–Crippen MR) is 88.5 cm³/mol. The van der Waals surface area contributed by atoms with Gasteiger partial charge in [-0.1, -0.05) is 13.3 Å². The highest BCUT2D eigenvalue weighted by atomic mass is 19.4. The summed E-state index contributed by atoms with van der Waals surface area (Å²) in [5, 5.41) is 46.1. The van der Waals surface area contributed by atoms with Gasteiger partial charge in [0, 0.05) is 19.1 Å². The Labute approximate surface area is 151 Å². The monoisotopic (exact) mass is 388 g/mol. The minimum Gasteiger partial charge on any atom is -0.395 e. The molecule has 2 aliphatic rings. The molecule has 2 saturated heterocycles. The summed E-state index contributed by atoms with van der Waals surface area (Å²) in [7, 11) is 0. The van der Waals surface area contributed by atoms with Gasteiger partial charge in [0.15, 0.2) is 0 Å². The predicted octanol–water partition coefficient (Wildman–Crippen LogP) is -0.841. The molecule has 2 aliphatic heterocycles. The van der Waals surface area contributed by atoms with Crippen molar-refractivity contribution in [2.75, 3.05) is 32.8 Å². The van der Waals surface area contributed by atoms with Crippen molar-refractivity contribution in [3.63, 3.8) is 0 Å². The largest absolute Gasteiger partial charge is 0.401 e. The van der Waals surface area contributed by atoms with Crippen molar-refractivity contribution in [3.8, 4) is 0 Å². The minimum atomic E-state index is -4.28. The van der Waals surface area contributed by atoms with E-state index in [0.717, 1.165) is 24.3 Å². The Morgan fingerprint density at radius 3 is 1.92 bits per heavy atom. The summed E-state index contributed by atoms with van der Waals surface area (Å²) < 4.78 is 35.8. The van der Waals surface area contributed by atoms with Gasteiger partial charge in [0.2, 0.25) is 0 Å². The molecule has 26 heavy (non-hydrogen) atoms. The maximum atomic E-state index is 11.9. The van der Waals surface area contributed by atoms with Gasteiger partial charge in [0.05, 0.1) is 43.6 Å². The van der Waals surface area contributed by atoms with Gasteiger partial charge in [0.1, 0.15) is 0 Å². The molecule has 156 valence electrons. The van der Waals surface area contributed by atoms with E-state index < -0.39 is 43.2 Å². The Morgan fingerprint density at radius 2 is 1.50 bits per heavy atom. The molecule has 0 aromatic heterocycles. The van der Waals surface area contributed by atoms with E-state index in [1.807, 2.05) is 4.90 Å². The number of alkyl halides is 3. The summed E-state index contributed by atoms with van der Waals surface area (Å²) in [6.45, 7) is 3.60. The summed E-state index contributed by atoms with van der Waals surface area (Å²) in [6, 6.07) is -0.918. The van der Waals surface area contributed by atoms with Crippen molar-refractivity contribution in [1.82, 2.24) is 9.80 Å². The van der Waals surface area contributed by atoms with E-state index in [1.54, 1.807) is 0 Å². The topological polar surface area (TPSA) is 108 Å². The Bertz CT molecular complexity index is 416. The van der Waals surface area contributed by atoms with Crippen LogP contribution in [0.4, 0.5) is 13.2 Å². The normalized spacial score (nSPS) is 36.2. The van der Waals surface area contributed by atoms with Crippen LogP contribution < -0.4 is 0 Å². The summed E-state index contributed by atoms with van der Waals surface area (Å²) in [6.07, 6.45) is -5.80. The molecule has 0 radical (unpaired) electrons. The molecule has 0 bridgehead atoms. The van der Waals surface area contributed by atoms with Crippen molar-refractivity contribution < 1.29 is 38.7 Å². The number of rotatable bonds is 5. The third kappa shape index (κ3) is 6.59. The highest BCUT2D eigenvalue weighted by Gasteiger charge is 2.42. The smallest absolute Gasteiger partial charge is 0.395 e. The molecule has 5 N–H and O–H groups in total. The first kappa shape index (κ1) is 23.5. The van der Waals surface area contributed by atoms with E-state index in [4.69, 9.17) is 10.2 Å². The van der Waals surface area contributed by atoms with Gasteiger partial charge in [-0.2, -0.15) is 13.2 Å². The van der Waals surface area contributed by atoms with Crippen LogP contribution in [0.15, 0.2) is 0 Å². The molecular weight excluding hydrogens is 357 g/mol. The first-order valence-electron chi connectivity index (χ1n) is 8.89. The quantitative estimate of drug-likeness (QED) is 0.418. The lowest BCUT2D eigenvalue weighted by Crippen LogP contribution is -2.39. The second-order valence-electron chi connectivity index (χ2n) is 7.00. The molecule has 7 nitrogen and oxygen atoms in total. The minimum absolute atomic E-state index is 0.0814. The van der Waals surface area contributed by atoms with Crippen molar-refractivity contribution >= 4 is 0 Å². The molecule has 10 heteroatoms. The third-order valence-corrected chi connectivity index (χ3v) is 4.93. The summed E-state index contributed by atoms with van der Waals surface area (Å²) in [4.78, 5) is 2.98. The molecule has 2 rings (SSSR count). The molecule has 2 heterocycles. The van der Waals surface area contributed by atoms with Gasteiger partial charge in [0.25, 0.3) is 0 Å². The number of aliphatic hydroxyl groups is 5. The van der Waals surface area contributed by atoms with E-state index in [0.29, 0.717) is 6.54 Å². The molecule has 0 aliphatic carbocycles. The van der Waals surface area contributed by atoms with Gasteiger partial charge in [-0.05, 0) is 19.9 Å². The fourth-order valence-electron chi connectivity index (χ4n) is 3.29. The standard InChI is InChI=1S/C9H19NO3.C7H12F3NO2/c1-2-3-4-10-5-8(12)9(13)7(10)6-11;1-4-6(13)5(12)2-11(4)3-7(8,9)10/h7-9,11-13H,2-6H2,1H3;4-6,12-13H,2-3H2,1H3/t7-,8-,9-;4-,5-,6-/m00/s1. The molecular formula is C16H31F3N2O5. The van der Waals surface area contributed by atoms with Gasteiger partial charge in [-0.15, -0.1) is 0 Å². The second kappa shape index (κ2) is 10.2. The van der Waals surface area contributed by atoms with Crippen molar-refractivity contribution in [3.05, 3.63) is 0 Å². The van der Waals surface area contributed by atoms with E-state index in [-0.39, 0.29) is 19.2 Å². The van der Waals surface area contributed by atoms with Gasteiger partial charge in [-0.3, -0.25) is 9.80 Å². The summed E-state index contributed by atoms with van der Waals surface area (Å²) in [5.41, 5.74) is 0.